The average Bonchev–Trinajstić information content (AvgIpc) is 2.76. The third kappa shape index (κ3) is 5.06. The molecule has 5 atom stereocenters. The van der Waals surface area contributed by atoms with Crippen LogP contribution in [0.3, 0.4) is 0 Å². The molecule has 2 saturated carbocycles. The van der Waals surface area contributed by atoms with Gasteiger partial charge in [0, 0.05) is 6.61 Å². The van der Waals surface area contributed by atoms with Crippen LogP contribution in [0, 0.1) is 23.6 Å². The zero-order valence-corrected chi connectivity index (χ0v) is 18.7. The van der Waals surface area contributed by atoms with Crippen LogP contribution in [0.5, 0.6) is 0 Å². The average molecular weight is 401 g/mol. The van der Waals surface area contributed by atoms with Crippen molar-refractivity contribution < 1.29 is 9.13 Å². The molecular weight excluding hydrogens is 359 g/mol. The Morgan fingerprint density at radius 2 is 1.79 bits per heavy atom. The van der Waals surface area contributed by atoms with Crippen molar-refractivity contribution in [3.8, 4) is 0 Å². The number of rotatable bonds is 7. The molecule has 0 bridgehead atoms. The van der Waals surface area contributed by atoms with Crippen molar-refractivity contribution in [1.82, 2.24) is 0 Å². The molecule has 0 aromatic heterocycles. The highest BCUT2D eigenvalue weighted by atomic mass is 19.1. The Kier molecular flexibility index (Phi) is 7.32. The summed E-state index contributed by atoms with van der Waals surface area (Å²) >= 11 is 0. The minimum absolute atomic E-state index is 0.0851. The first-order valence-electron chi connectivity index (χ1n) is 12.6. The molecule has 1 aromatic carbocycles. The Balaban J connectivity index is 1.34. The molecular formula is C27H41FO. The van der Waals surface area contributed by atoms with Gasteiger partial charge in [0.15, 0.2) is 0 Å². The van der Waals surface area contributed by atoms with E-state index in [0.717, 1.165) is 36.8 Å². The van der Waals surface area contributed by atoms with Crippen molar-refractivity contribution in [1.29, 1.82) is 0 Å². The fraction of sp³-hybridized carbons (Fsp3) is 0.778. The summed E-state index contributed by atoms with van der Waals surface area (Å²) in [6.07, 6.45) is 16.3. The van der Waals surface area contributed by atoms with Gasteiger partial charge < -0.3 is 4.74 Å². The number of hydrogen-bond acceptors (Lipinski definition) is 1. The molecule has 2 fully saturated rings. The molecule has 0 amide bonds. The van der Waals surface area contributed by atoms with E-state index in [1.807, 2.05) is 6.07 Å². The van der Waals surface area contributed by atoms with Crippen molar-refractivity contribution in [3.05, 3.63) is 34.6 Å². The molecule has 1 aromatic rings. The van der Waals surface area contributed by atoms with Crippen molar-refractivity contribution in [2.45, 2.75) is 109 Å². The third-order valence-electron chi connectivity index (χ3n) is 8.34. The predicted octanol–water partition coefficient (Wildman–Crippen LogP) is 7.60. The SMILES string of the molecule is CCCCCOC1CCC2CC(c3cc(F)c4c(c3)CCC(CC)C4)CCC2C1. The number of fused-ring (bicyclic) bond motifs is 2. The van der Waals surface area contributed by atoms with Crippen LogP contribution in [0.2, 0.25) is 0 Å². The Labute approximate surface area is 177 Å². The fourth-order valence-corrected chi connectivity index (χ4v) is 6.41. The van der Waals surface area contributed by atoms with Gasteiger partial charge in [0.2, 0.25) is 0 Å². The summed E-state index contributed by atoms with van der Waals surface area (Å²) in [6.45, 7) is 5.44. The normalized spacial score (nSPS) is 31.9. The number of benzene rings is 1. The predicted molar refractivity (Wildman–Crippen MR) is 119 cm³/mol. The minimum atomic E-state index is 0.0851. The van der Waals surface area contributed by atoms with Crippen LogP contribution in [0.25, 0.3) is 0 Å². The van der Waals surface area contributed by atoms with Gasteiger partial charge in [0.25, 0.3) is 0 Å². The molecule has 162 valence electrons. The standard InChI is InChI=1S/C27H41FO/c1-3-5-6-13-29-25-12-11-20-15-21(9-10-22(20)17-25)24-16-23-8-7-19(4-2)14-26(23)27(28)18-24/h16,18-22,25H,3-15,17H2,1-2H3. The highest BCUT2D eigenvalue weighted by Gasteiger charge is 2.36. The maximum atomic E-state index is 14.9. The number of unbranched alkanes of at least 4 members (excludes halogenated alkanes) is 2. The van der Waals surface area contributed by atoms with Crippen LogP contribution in [0.1, 0.15) is 107 Å². The Bertz CT molecular complexity index is 669. The molecule has 4 rings (SSSR count). The summed E-state index contributed by atoms with van der Waals surface area (Å²) in [5.74, 6) is 3.00. The van der Waals surface area contributed by atoms with E-state index in [2.05, 4.69) is 19.9 Å². The van der Waals surface area contributed by atoms with E-state index in [0.29, 0.717) is 17.9 Å². The summed E-state index contributed by atoms with van der Waals surface area (Å²) < 4.78 is 21.1. The minimum Gasteiger partial charge on any atom is -0.378 e. The molecule has 29 heavy (non-hydrogen) atoms. The van der Waals surface area contributed by atoms with Gasteiger partial charge in [0.05, 0.1) is 6.10 Å². The molecule has 0 spiro atoms. The maximum Gasteiger partial charge on any atom is 0.126 e. The van der Waals surface area contributed by atoms with Gasteiger partial charge in [-0.15, -0.1) is 0 Å². The van der Waals surface area contributed by atoms with Gasteiger partial charge in [-0.05, 0) is 111 Å². The lowest BCUT2D eigenvalue weighted by atomic mass is 9.65. The molecule has 3 aliphatic rings. The van der Waals surface area contributed by atoms with Crippen LogP contribution < -0.4 is 0 Å². The number of ether oxygens (including phenoxy) is 1. The van der Waals surface area contributed by atoms with Crippen LogP contribution in [0.4, 0.5) is 4.39 Å². The van der Waals surface area contributed by atoms with Crippen LogP contribution in [0.15, 0.2) is 12.1 Å². The second kappa shape index (κ2) is 9.94. The topological polar surface area (TPSA) is 9.23 Å². The Morgan fingerprint density at radius 1 is 0.966 bits per heavy atom. The van der Waals surface area contributed by atoms with E-state index in [-0.39, 0.29) is 5.82 Å². The van der Waals surface area contributed by atoms with Gasteiger partial charge in [0.1, 0.15) is 5.82 Å². The van der Waals surface area contributed by atoms with Crippen molar-refractivity contribution in [2.75, 3.05) is 6.61 Å². The van der Waals surface area contributed by atoms with Gasteiger partial charge >= 0.3 is 0 Å². The molecule has 0 saturated heterocycles. The monoisotopic (exact) mass is 400 g/mol. The second-order valence-corrected chi connectivity index (χ2v) is 10.2. The van der Waals surface area contributed by atoms with E-state index >= 15 is 0 Å². The lowest BCUT2D eigenvalue weighted by Crippen LogP contribution is -2.34. The summed E-state index contributed by atoms with van der Waals surface area (Å²) in [6, 6.07) is 4.29. The first-order valence-corrected chi connectivity index (χ1v) is 12.6. The van der Waals surface area contributed by atoms with Gasteiger partial charge in [-0.25, -0.2) is 4.39 Å². The lowest BCUT2D eigenvalue weighted by Gasteiger charge is -2.42. The number of hydrogen-bond donors (Lipinski definition) is 0. The largest absolute Gasteiger partial charge is 0.378 e. The molecule has 5 unspecified atom stereocenters. The van der Waals surface area contributed by atoms with Gasteiger partial charge in [-0.3, -0.25) is 0 Å². The van der Waals surface area contributed by atoms with Crippen LogP contribution >= 0.6 is 0 Å². The van der Waals surface area contributed by atoms with E-state index in [4.69, 9.17) is 4.74 Å². The van der Waals surface area contributed by atoms with E-state index in [1.54, 1.807) is 0 Å². The maximum absolute atomic E-state index is 14.9. The number of aryl methyl sites for hydroxylation is 1. The molecule has 2 heteroatoms. The highest BCUT2D eigenvalue weighted by molar-refractivity contribution is 5.37. The summed E-state index contributed by atoms with van der Waals surface area (Å²) in [4.78, 5) is 0. The highest BCUT2D eigenvalue weighted by Crippen LogP contribution is 2.47. The first-order chi connectivity index (χ1) is 14.2. The molecule has 0 radical (unpaired) electrons. The quantitative estimate of drug-likeness (QED) is 0.428. The van der Waals surface area contributed by atoms with Gasteiger partial charge in [-0.2, -0.15) is 0 Å². The molecule has 3 aliphatic carbocycles. The summed E-state index contributed by atoms with van der Waals surface area (Å²) in [5, 5.41) is 0. The van der Waals surface area contributed by atoms with Gasteiger partial charge in [-0.1, -0.05) is 39.2 Å². The Morgan fingerprint density at radius 3 is 2.62 bits per heavy atom. The van der Waals surface area contributed by atoms with Crippen LogP contribution in [-0.2, 0) is 17.6 Å². The zero-order valence-electron chi connectivity index (χ0n) is 18.7. The lowest BCUT2D eigenvalue weighted by molar-refractivity contribution is -0.0162. The summed E-state index contributed by atoms with van der Waals surface area (Å²) in [5.41, 5.74) is 3.64. The number of halogens is 1. The van der Waals surface area contributed by atoms with E-state index < -0.39 is 0 Å². The third-order valence-corrected chi connectivity index (χ3v) is 8.34. The molecule has 1 nitrogen and oxygen atoms in total. The first kappa shape index (κ1) is 21.3. The van der Waals surface area contributed by atoms with Crippen molar-refractivity contribution in [3.63, 3.8) is 0 Å². The second-order valence-electron chi connectivity index (χ2n) is 10.2. The molecule has 0 aliphatic heterocycles. The molecule has 0 N–H and O–H groups in total. The summed E-state index contributed by atoms with van der Waals surface area (Å²) in [7, 11) is 0. The van der Waals surface area contributed by atoms with Crippen molar-refractivity contribution >= 4 is 0 Å². The fourth-order valence-electron chi connectivity index (χ4n) is 6.41. The zero-order chi connectivity index (χ0) is 20.2. The van der Waals surface area contributed by atoms with E-state index in [9.17, 15) is 4.39 Å². The van der Waals surface area contributed by atoms with Crippen molar-refractivity contribution in [2.24, 2.45) is 17.8 Å². The molecule has 0 heterocycles. The Hall–Kier alpha value is -0.890. The van der Waals surface area contributed by atoms with Crippen LogP contribution in [-0.4, -0.2) is 12.7 Å². The van der Waals surface area contributed by atoms with E-state index in [1.165, 1.54) is 81.8 Å². The smallest absolute Gasteiger partial charge is 0.126 e.